The van der Waals surface area contributed by atoms with Gasteiger partial charge in [0.25, 0.3) is 0 Å². The van der Waals surface area contributed by atoms with Gasteiger partial charge in [0, 0.05) is 24.0 Å². The van der Waals surface area contributed by atoms with Crippen LogP contribution in [0.5, 0.6) is 0 Å². The van der Waals surface area contributed by atoms with Crippen molar-refractivity contribution in [3.63, 3.8) is 0 Å². The number of benzene rings is 1. The first-order chi connectivity index (χ1) is 6.27. The minimum absolute atomic E-state index is 0. The Hall–Kier alpha value is -1.11. The van der Waals surface area contributed by atoms with Gasteiger partial charge in [-0.25, -0.2) is 0 Å². The SMILES string of the molecule is Fc1c[c-]c(-n2cccn2)c(F)c1.[Li+]. The van der Waals surface area contributed by atoms with Crippen molar-refractivity contribution in [1.29, 1.82) is 0 Å². The summed E-state index contributed by atoms with van der Waals surface area (Å²) >= 11 is 0. The smallest absolute Gasteiger partial charge is 0.284 e. The van der Waals surface area contributed by atoms with E-state index in [1.54, 1.807) is 12.3 Å². The van der Waals surface area contributed by atoms with Gasteiger partial charge >= 0.3 is 18.9 Å². The van der Waals surface area contributed by atoms with E-state index in [9.17, 15) is 8.78 Å². The fraction of sp³-hybridized carbons (Fsp3) is 0. The first kappa shape index (κ1) is 11.0. The molecule has 0 saturated carbocycles. The van der Waals surface area contributed by atoms with Crippen LogP contribution >= 0.6 is 0 Å². The maximum atomic E-state index is 13.1. The molecule has 1 heterocycles. The van der Waals surface area contributed by atoms with E-state index in [1.807, 2.05) is 0 Å². The van der Waals surface area contributed by atoms with Gasteiger partial charge in [-0.05, 0) is 11.8 Å². The molecular weight excluding hydrogens is 181 g/mol. The van der Waals surface area contributed by atoms with Crippen LogP contribution in [0.4, 0.5) is 8.78 Å². The van der Waals surface area contributed by atoms with Crippen molar-refractivity contribution in [2.45, 2.75) is 0 Å². The molecule has 0 atom stereocenters. The molecule has 5 heteroatoms. The second-order valence-corrected chi connectivity index (χ2v) is 2.47. The van der Waals surface area contributed by atoms with Crippen molar-refractivity contribution in [1.82, 2.24) is 9.78 Å². The molecule has 0 N–H and O–H groups in total. The van der Waals surface area contributed by atoms with Crippen molar-refractivity contribution in [2.24, 2.45) is 0 Å². The standard InChI is InChI=1S/C9H5F2N2.Li/c10-7-2-3-9(8(11)6-7)13-5-1-4-12-13;/h1-2,4-6H;/q-1;+1. The first-order valence-electron chi connectivity index (χ1n) is 3.64. The van der Waals surface area contributed by atoms with Gasteiger partial charge in [0.2, 0.25) is 0 Å². The number of halogens is 2. The maximum Gasteiger partial charge on any atom is 1.00 e. The summed E-state index contributed by atoms with van der Waals surface area (Å²) in [5.74, 6) is -1.32. The van der Waals surface area contributed by atoms with E-state index >= 15 is 0 Å². The molecule has 2 nitrogen and oxygen atoms in total. The molecule has 0 aliphatic rings. The average Bonchev–Trinajstić information content (AvgIpc) is 2.56. The van der Waals surface area contributed by atoms with Crippen molar-refractivity contribution >= 4 is 0 Å². The Bertz CT molecular complexity index is 415. The van der Waals surface area contributed by atoms with Crippen molar-refractivity contribution < 1.29 is 27.6 Å². The Balaban J connectivity index is 0.000000980. The second-order valence-electron chi connectivity index (χ2n) is 2.47. The molecule has 0 saturated heterocycles. The average molecular weight is 186 g/mol. The molecule has 1 aromatic carbocycles. The van der Waals surface area contributed by atoms with E-state index in [1.165, 1.54) is 10.9 Å². The van der Waals surface area contributed by atoms with Gasteiger partial charge in [0.1, 0.15) is 0 Å². The van der Waals surface area contributed by atoms with Gasteiger partial charge in [-0.3, -0.25) is 13.5 Å². The fourth-order valence-electron chi connectivity index (χ4n) is 1.01. The Morgan fingerprint density at radius 3 is 2.71 bits per heavy atom. The number of hydrogen-bond acceptors (Lipinski definition) is 1. The Morgan fingerprint density at radius 1 is 1.36 bits per heavy atom. The predicted molar refractivity (Wildman–Crippen MR) is 42.3 cm³/mol. The summed E-state index contributed by atoms with van der Waals surface area (Å²) in [5.41, 5.74) is 0.117. The number of hydrogen-bond donors (Lipinski definition) is 0. The number of aromatic nitrogens is 2. The Morgan fingerprint density at radius 2 is 2.14 bits per heavy atom. The van der Waals surface area contributed by atoms with Gasteiger partial charge in [-0.2, -0.15) is 11.2 Å². The van der Waals surface area contributed by atoms with Crippen LogP contribution in [0.25, 0.3) is 5.69 Å². The monoisotopic (exact) mass is 186 g/mol. The van der Waals surface area contributed by atoms with Crippen LogP contribution in [0.15, 0.2) is 30.6 Å². The molecule has 2 aromatic rings. The molecule has 0 aliphatic carbocycles. The van der Waals surface area contributed by atoms with E-state index in [4.69, 9.17) is 0 Å². The van der Waals surface area contributed by atoms with Crippen LogP contribution in [0.3, 0.4) is 0 Å². The molecule has 0 aliphatic heterocycles. The van der Waals surface area contributed by atoms with Gasteiger partial charge in [0.05, 0.1) is 0 Å². The fourth-order valence-corrected chi connectivity index (χ4v) is 1.01. The molecule has 0 fully saturated rings. The van der Waals surface area contributed by atoms with Crippen molar-refractivity contribution in [3.05, 3.63) is 48.3 Å². The van der Waals surface area contributed by atoms with Crippen molar-refractivity contribution in [2.75, 3.05) is 0 Å². The molecule has 0 radical (unpaired) electrons. The molecular formula is C9H5F2LiN2. The van der Waals surface area contributed by atoms with Crippen LogP contribution in [0.1, 0.15) is 0 Å². The molecule has 1 aromatic heterocycles. The summed E-state index contributed by atoms with van der Waals surface area (Å²) in [6, 6.07) is 5.98. The molecule has 0 bridgehead atoms. The number of rotatable bonds is 1. The quantitative estimate of drug-likeness (QED) is 0.410. The first-order valence-corrected chi connectivity index (χ1v) is 3.64. The molecule has 0 unspecified atom stereocenters. The molecule has 2 rings (SSSR count). The second kappa shape index (κ2) is 4.40. The van der Waals surface area contributed by atoms with Crippen LogP contribution in [0, 0.1) is 17.7 Å². The molecule has 66 valence electrons. The molecule has 0 spiro atoms. The maximum absolute atomic E-state index is 13.1. The predicted octanol–water partition coefficient (Wildman–Crippen LogP) is -1.05. The van der Waals surface area contributed by atoms with E-state index in [2.05, 4.69) is 11.2 Å². The largest absolute Gasteiger partial charge is 1.00 e. The Labute approximate surface area is 91.7 Å². The summed E-state index contributed by atoms with van der Waals surface area (Å²) < 4.78 is 26.9. The number of nitrogens with zero attached hydrogens (tertiary/aromatic N) is 2. The minimum Gasteiger partial charge on any atom is -0.284 e. The zero-order chi connectivity index (χ0) is 9.26. The van der Waals surface area contributed by atoms with Crippen molar-refractivity contribution in [3.8, 4) is 5.69 Å². The van der Waals surface area contributed by atoms with Crippen LogP contribution in [0.2, 0.25) is 0 Å². The molecule has 14 heavy (non-hydrogen) atoms. The van der Waals surface area contributed by atoms with E-state index < -0.39 is 11.6 Å². The summed E-state index contributed by atoms with van der Waals surface area (Å²) in [7, 11) is 0. The van der Waals surface area contributed by atoms with Crippen LogP contribution in [-0.4, -0.2) is 9.78 Å². The zero-order valence-corrected chi connectivity index (χ0v) is 7.54. The summed E-state index contributed by atoms with van der Waals surface area (Å²) in [6.07, 6.45) is 3.07. The van der Waals surface area contributed by atoms with Crippen LogP contribution < -0.4 is 18.9 Å². The van der Waals surface area contributed by atoms with Gasteiger partial charge < -0.3 is 0 Å². The third-order valence-electron chi connectivity index (χ3n) is 1.57. The van der Waals surface area contributed by atoms with E-state index in [0.717, 1.165) is 12.1 Å². The third-order valence-corrected chi connectivity index (χ3v) is 1.57. The summed E-state index contributed by atoms with van der Waals surface area (Å²) in [6.45, 7) is 0. The normalized spacial score (nSPS) is 9.57. The Kier molecular flexibility index (Phi) is 3.45. The summed E-state index contributed by atoms with van der Waals surface area (Å²) in [5, 5.41) is 3.80. The zero-order valence-electron chi connectivity index (χ0n) is 7.54. The van der Waals surface area contributed by atoms with Gasteiger partial charge in [-0.1, -0.05) is 0 Å². The third kappa shape index (κ3) is 2.03. The van der Waals surface area contributed by atoms with E-state index in [-0.39, 0.29) is 24.5 Å². The van der Waals surface area contributed by atoms with Gasteiger partial charge in [-0.15, -0.1) is 12.1 Å². The molecule has 0 amide bonds. The van der Waals surface area contributed by atoms with Gasteiger partial charge in [0.15, 0.2) is 0 Å². The minimum atomic E-state index is -0.677. The van der Waals surface area contributed by atoms with E-state index in [0.29, 0.717) is 0 Å². The summed E-state index contributed by atoms with van der Waals surface area (Å²) in [4.78, 5) is 0. The topological polar surface area (TPSA) is 17.8 Å². The van der Waals surface area contributed by atoms with Crippen LogP contribution in [-0.2, 0) is 0 Å².